The van der Waals surface area contributed by atoms with E-state index in [1.54, 1.807) is 0 Å². The van der Waals surface area contributed by atoms with Gasteiger partial charge in [0.2, 0.25) is 0 Å². The van der Waals surface area contributed by atoms with Crippen LogP contribution in [-0.2, 0) is 4.84 Å². The molecule has 0 bridgehead atoms. The Morgan fingerprint density at radius 3 is 2.52 bits per heavy atom. The molecule has 1 aliphatic rings. The second-order valence-electron chi connectivity index (χ2n) is 5.18. The number of alkyl halides is 3. The number of oxime groups is 1. The SMILES string of the molecule is CON=C1CCN([C@H](C)c2ccccc2)[C@H](C(F)(F)F)C1. The number of likely N-dealkylation sites (tertiary alicyclic amines) is 1. The van der Waals surface area contributed by atoms with E-state index >= 15 is 0 Å². The van der Waals surface area contributed by atoms with Gasteiger partial charge in [0.15, 0.2) is 0 Å². The predicted octanol–water partition coefficient (Wildman–Crippen LogP) is 3.78. The van der Waals surface area contributed by atoms with Crippen molar-refractivity contribution in [3.8, 4) is 0 Å². The molecule has 6 heteroatoms. The molecular formula is C15H19F3N2O. The quantitative estimate of drug-likeness (QED) is 0.794. The Morgan fingerprint density at radius 2 is 1.95 bits per heavy atom. The Labute approximate surface area is 122 Å². The molecule has 0 amide bonds. The van der Waals surface area contributed by atoms with Crippen molar-refractivity contribution in [3.05, 3.63) is 35.9 Å². The van der Waals surface area contributed by atoms with Crippen molar-refractivity contribution >= 4 is 5.71 Å². The molecule has 116 valence electrons. The first-order chi connectivity index (χ1) is 9.93. The highest BCUT2D eigenvalue weighted by atomic mass is 19.4. The molecule has 1 aromatic rings. The lowest BCUT2D eigenvalue weighted by Gasteiger charge is -2.41. The summed E-state index contributed by atoms with van der Waals surface area (Å²) in [5, 5.41) is 3.70. The number of hydrogen-bond acceptors (Lipinski definition) is 3. The zero-order valence-electron chi connectivity index (χ0n) is 12.1. The minimum atomic E-state index is -4.28. The molecule has 21 heavy (non-hydrogen) atoms. The summed E-state index contributed by atoms with van der Waals surface area (Å²) < 4.78 is 40.0. The number of halogens is 3. The topological polar surface area (TPSA) is 24.8 Å². The van der Waals surface area contributed by atoms with E-state index in [0.29, 0.717) is 18.7 Å². The summed E-state index contributed by atoms with van der Waals surface area (Å²) in [5.41, 5.74) is 1.36. The Kier molecular flexibility index (Phi) is 4.88. The van der Waals surface area contributed by atoms with Gasteiger partial charge in [0.1, 0.15) is 13.2 Å². The molecule has 0 saturated carbocycles. The van der Waals surface area contributed by atoms with Crippen LogP contribution >= 0.6 is 0 Å². The summed E-state index contributed by atoms with van der Waals surface area (Å²) in [4.78, 5) is 6.13. The highest BCUT2D eigenvalue weighted by molar-refractivity contribution is 5.85. The summed E-state index contributed by atoms with van der Waals surface area (Å²) in [5.74, 6) is 0. The van der Waals surface area contributed by atoms with E-state index in [1.165, 1.54) is 12.0 Å². The van der Waals surface area contributed by atoms with Gasteiger partial charge in [0.05, 0.1) is 5.71 Å². The van der Waals surface area contributed by atoms with E-state index in [4.69, 9.17) is 0 Å². The average Bonchev–Trinajstić information content (AvgIpc) is 2.47. The summed E-state index contributed by atoms with van der Waals surface area (Å²) >= 11 is 0. The fraction of sp³-hybridized carbons (Fsp3) is 0.533. The summed E-state index contributed by atoms with van der Waals surface area (Å²) in [6.45, 7) is 2.13. The molecule has 0 unspecified atom stereocenters. The van der Waals surface area contributed by atoms with Gasteiger partial charge in [0, 0.05) is 25.4 Å². The van der Waals surface area contributed by atoms with Crippen molar-refractivity contribution in [1.29, 1.82) is 0 Å². The van der Waals surface area contributed by atoms with Gasteiger partial charge in [0.25, 0.3) is 0 Å². The van der Waals surface area contributed by atoms with Crippen LogP contribution in [0.1, 0.15) is 31.4 Å². The Morgan fingerprint density at radius 1 is 1.29 bits per heavy atom. The lowest BCUT2D eigenvalue weighted by atomic mass is 9.95. The molecule has 3 nitrogen and oxygen atoms in total. The van der Waals surface area contributed by atoms with Gasteiger partial charge in [-0.3, -0.25) is 4.90 Å². The van der Waals surface area contributed by atoms with Crippen LogP contribution in [-0.4, -0.2) is 36.5 Å². The van der Waals surface area contributed by atoms with Crippen LogP contribution in [0.3, 0.4) is 0 Å². The maximum Gasteiger partial charge on any atom is 0.404 e. The molecule has 0 aliphatic carbocycles. The van der Waals surface area contributed by atoms with Crippen molar-refractivity contribution in [2.45, 2.75) is 38.0 Å². The largest absolute Gasteiger partial charge is 0.404 e. The normalized spacial score (nSPS) is 24.0. The maximum atomic E-state index is 13.3. The second-order valence-corrected chi connectivity index (χ2v) is 5.18. The number of piperidine rings is 1. The summed E-state index contributed by atoms with van der Waals surface area (Å²) in [6.07, 6.45) is -3.91. The first-order valence-corrected chi connectivity index (χ1v) is 6.89. The molecule has 2 atom stereocenters. The molecule has 1 saturated heterocycles. The minimum Gasteiger partial charge on any atom is -0.399 e. The molecule has 0 spiro atoms. The molecule has 2 rings (SSSR count). The van der Waals surface area contributed by atoms with Gasteiger partial charge in [-0.15, -0.1) is 0 Å². The van der Waals surface area contributed by atoms with E-state index in [2.05, 4.69) is 9.99 Å². The molecule has 1 aliphatic heterocycles. The van der Waals surface area contributed by atoms with Gasteiger partial charge in [-0.2, -0.15) is 13.2 Å². The number of rotatable bonds is 3. The molecule has 1 heterocycles. The smallest absolute Gasteiger partial charge is 0.399 e. The van der Waals surface area contributed by atoms with Gasteiger partial charge in [-0.05, 0) is 12.5 Å². The van der Waals surface area contributed by atoms with E-state index < -0.39 is 12.2 Å². The summed E-state index contributed by atoms with van der Waals surface area (Å²) in [7, 11) is 1.36. The monoisotopic (exact) mass is 300 g/mol. The zero-order valence-corrected chi connectivity index (χ0v) is 12.1. The van der Waals surface area contributed by atoms with Crippen molar-refractivity contribution < 1.29 is 18.0 Å². The van der Waals surface area contributed by atoms with Crippen LogP contribution in [0.4, 0.5) is 13.2 Å². The lowest BCUT2D eigenvalue weighted by Crippen LogP contribution is -2.51. The molecular weight excluding hydrogens is 281 g/mol. The third kappa shape index (κ3) is 3.75. The summed E-state index contributed by atoms with van der Waals surface area (Å²) in [6, 6.07) is 7.45. The Hall–Kier alpha value is -1.56. The highest BCUT2D eigenvalue weighted by Gasteiger charge is 2.47. The number of nitrogens with zero attached hydrogens (tertiary/aromatic N) is 2. The van der Waals surface area contributed by atoms with E-state index in [0.717, 1.165) is 5.56 Å². The van der Waals surface area contributed by atoms with Crippen LogP contribution in [0, 0.1) is 0 Å². The van der Waals surface area contributed by atoms with Gasteiger partial charge in [-0.25, -0.2) is 0 Å². The fourth-order valence-corrected chi connectivity index (χ4v) is 2.76. The van der Waals surface area contributed by atoms with Crippen molar-refractivity contribution in [1.82, 2.24) is 4.90 Å². The highest BCUT2D eigenvalue weighted by Crippen LogP contribution is 2.36. The third-order valence-electron chi connectivity index (χ3n) is 3.87. The lowest BCUT2D eigenvalue weighted by molar-refractivity contribution is -0.189. The number of hydrogen-bond donors (Lipinski definition) is 0. The van der Waals surface area contributed by atoms with Gasteiger partial charge < -0.3 is 4.84 Å². The first-order valence-electron chi connectivity index (χ1n) is 6.89. The van der Waals surface area contributed by atoms with E-state index in [-0.39, 0.29) is 12.5 Å². The van der Waals surface area contributed by atoms with Gasteiger partial charge >= 0.3 is 6.18 Å². The first kappa shape index (κ1) is 15.8. The van der Waals surface area contributed by atoms with Gasteiger partial charge in [-0.1, -0.05) is 35.5 Å². The Bertz CT molecular complexity index is 487. The van der Waals surface area contributed by atoms with Crippen LogP contribution in [0.25, 0.3) is 0 Å². The second kappa shape index (κ2) is 6.47. The maximum absolute atomic E-state index is 13.3. The van der Waals surface area contributed by atoms with Crippen LogP contribution in [0.5, 0.6) is 0 Å². The van der Waals surface area contributed by atoms with E-state index in [1.807, 2.05) is 37.3 Å². The predicted molar refractivity (Wildman–Crippen MR) is 75.1 cm³/mol. The van der Waals surface area contributed by atoms with Crippen molar-refractivity contribution in [2.24, 2.45) is 5.16 Å². The van der Waals surface area contributed by atoms with Crippen molar-refractivity contribution in [3.63, 3.8) is 0 Å². The zero-order chi connectivity index (χ0) is 15.5. The average molecular weight is 300 g/mol. The fourth-order valence-electron chi connectivity index (χ4n) is 2.76. The minimum absolute atomic E-state index is 0.130. The molecule has 0 aromatic heterocycles. The Balaban J connectivity index is 2.23. The molecule has 0 radical (unpaired) electrons. The molecule has 1 fully saturated rings. The van der Waals surface area contributed by atoms with E-state index in [9.17, 15) is 13.2 Å². The standard InChI is InChI=1S/C15H19F3N2O/c1-11(12-6-4-3-5-7-12)20-9-8-13(19-21-2)10-14(20)15(16,17)18/h3-7,11,14H,8-10H2,1-2H3/t11-,14+/m1/s1. The number of benzene rings is 1. The molecule has 0 N–H and O–H groups in total. The van der Waals surface area contributed by atoms with Crippen LogP contribution in [0.15, 0.2) is 35.5 Å². The van der Waals surface area contributed by atoms with Crippen LogP contribution in [0.2, 0.25) is 0 Å². The molecule has 1 aromatic carbocycles. The van der Waals surface area contributed by atoms with Crippen LogP contribution < -0.4 is 0 Å². The third-order valence-corrected chi connectivity index (χ3v) is 3.87. The van der Waals surface area contributed by atoms with Crippen molar-refractivity contribution in [2.75, 3.05) is 13.7 Å².